The quantitative estimate of drug-likeness (QED) is 0.909. The Kier molecular flexibility index (Phi) is 3.99. The third-order valence-electron chi connectivity index (χ3n) is 2.54. The first kappa shape index (κ1) is 14.0. The summed E-state index contributed by atoms with van der Waals surface area (Å²) in [6, 6.07) is 5.14. The summed E-state index contributed by atoms with van der Waals surface area (Å²) in [5.74, 6) is -2.35. The normalized spacial score (nSPS) is 10.1. The molecule has 2 aromatic rings. The highest BCUT2D eigenvalue weighted by atomic mass is 32.1. The maximum Gasteiger partial charge on any atom is 0.338 e. The fourth-order valence-corrected chi connectivity index (χ4v) is 2.33. The number of amides is 1. The molecule has 7 heteroatoms. The number of hydrogen-bond donors (Lipinski definition) is 2. The monoisotopic (exact) mass is 295 g/mol. The molecule has 0 spiro atoms. The smallest absolute Gasteiger partial charge is 0.338 e. The van der Waals surface area contributed by atoms with Crippen LogP contribution in [0, 0.1) is 5.82 Å². The molecule has 0 radical (unpaired) electrons. The second kappa shape index (κ2) is 5.70. The summed E-state index contributed by atoms with van der Waals surface area (Å²) in [5, 5.41) is 13.1. The maximum absolute atomic E-state index is 13.5. The third-order valence-corrected chi connectivity index (χ3v) is 3.37. The average Bonchev–Trinajstić information content (AvgIpc) is 2.86. The van der Waals surface area contributed by atoms with Crippen molar-refractivity contribution in [1.82, 2.24) is 0 Å². The van der Waals surface area contributed by atoms with Crippen LogP contribution in [0.3, 0.4) is 0 Å². The highest BCUT2D eigenvalue weighted by molar-refractivity contribution is 7.14. The van der Waals surface area contributed by atoms with Gasteiger partial charge in [-0.1, -0.05) is 0 Å². The van der Waals surface area contributed by atoms with Crippen LogP contribution in [-0.2, 0) is 0 Å². The Labute approximate surface area is 117 Å². The Morgan fingerprint density at radius 2 is 2.10 bits per heavy atom. The number of hydrogen-bond acceptors (Lipinski definition) is 4. The largest absolute Gasteiger partial charge is 0.494 e. The minimum atomic E-state index is -1.14. The molecule has 0 unspecified atom stereocenters. The summed E-state index contributed by atoms with van der Waals surface area (Å²) in [6.07, 6.45) is 0. The van der Waals surface area contributed by atoms with Crippen LogP contribution in [0.4, 0.5) is 9.39 Å². The molecule has 0 fully saturated rings. The van der Waals surface area contributed by atoms with Crippen LogP contribution in [0.5, 0.6) is 5.75 Å². The second-order valence-electron chi connectivity index (χ2n) is 3.77. The molecule has 1 amide bonds. The summed E-state index contributed by atoms with van der Waals surface area (Å²) in [5.41, 5.74) is 0.0744. The van der Waals surface area contributed by atoms with E-state index in [-0.39, 0.29) is 21.9 Å². The molecular formula is C13H10FNO4S. The van der Waals surface area contributed by atoms with Gasteiger partial charge in [0.2, 0.25) is 0 Å². The molecule has 0 aliphatic heterocycles. The van der Waals surface area contributed by atoms with Gasteiger partial charge in [-0.2, -0.15) is 0 Å². The summed E-state index contributed by atoms with van der Waals surface area (Å²) in [4.78, 5) is 22.9. The Morgan fingerprint density at radius 1 is 1.35 bits per heavy atom. The molecule has 0 aliphatic carbocycles. The molecule has 0 bridgehead atoms. The van der Waals surface area contributed by atoms with Crippen molar-refractivity contribution in [2.75, 3.05) is 12.4 Å². The standard InChI is InChI=1S/C13H10FNO4S/c1-19-10-3-2-7(6-9(10)14)11(16)15-12-8(13(17)18)4-5-20-12/h2-6H,1H3,(H,15,16)(H,17,18). The van der Waals surface area contributed by atoms with Crippen molar-refractivity contribution in [2.45, 2.75) is 0 Å². The molecule has 2 N–H and O–H groups in total. The van der Waals surface area contributed by atoms with Crippen molar-refractivity contribution in [2.24, 2.45) is 0 Å². The van der Waals surface area contributed by atoms with E-state index in [1.54, 1.807) is 5.38 Å². The molecule has 1 aromatic heterocycles. The minimum Gasteiger partial charge on any atom is -0.494 e. The minimum absolute atomic E-state index is 0.00247. The Balaban J connectivity index is 2.22. The lowest BCUT2D eigenvalue weighted by molar-refractivity contribution is 0.0698. The van der Waals surface area contributed by atoms with Crippen molar-refractivity contribution < 1.29 is 23.8 Å². The molecule has 1 heterocycles. The van der Waals surface area contributed by atoms with Gasteiger partial charge in [-0.25, -0.2) is 9.18 Å². The topological polar surface area (TPSA) is 75.6 Å². The first-order valence-electron chi connectivity index (χ1n) is 5.48. The predicted octanol–water partition coefficient (Wildman–Crippen LogP) is 2.85. The molecule has 0 saturated carbocycles. The van der Waals surface area contributed by atoms with E-state index in [1.165, 1.54) is 25.3 Å². The van der Waals surface area contributed by atoms with Crippen LogP contribution in [0.1, 0.15) is 20.7 Å². The van der Waals surface area contributed by atoms with Crippen LogP contribution in [0.15, 0.2) is 29.6 Å². The van der Waals surface area contributed by atoms with Crippen LogP contribution in [-0.4, -0.2) is 24.1 Å². The van der Waals surface area contributed by atoms with Crippen molar-refractivity contribution in [3.05, 3.63) is 46.6 Å². The molecule has 0 saturated heterocycles. The van der Waals surface area contributed by atoms with E-state index in [9.17, 15) is 14.0 Å². The first-order valence-corrected chi connectivity index (χ1v) is 6.36. The van der Waals surface area contributed by atoms with Crippen LogP contribution in [0.25, 0.3) is 0 Å². The zero-order valence-electron chi connectivity index (χ0n) is 10.3. The fourth-order valence-electron chi connectivity index (χ4n) is 1.56. The number of carboxylic acids is 1. The number of rotatable bonds is 4. The average molecular weight is 295 g/mol. The van der Waals surface area contributed by atoms with E-state index in [0.29, 0.717) is 0 Å². The van der Waals surface area contributed by atoms with E-state index in [4.69, 9.17) is 9.84 Å². The predicted molar refractivity (Wildman–Crippen MR) is 72.2 cm³/mol. The Bertz CT molecular complexity index is 668. The van der Waals surface area contributed by atoms with E-state index in [1.807, 2.05) is 0 Å². The number of benzene rings is 1. The molecule has 2 rings (SSSR count). The molecular weight excluding hydrogens is 285 g/mol. The lowest BCUT2D eigenvalue weighted by Crippen LogP contribution is -2.13. The van der Waals surface area contributed by atoms with Gasteiger partial charge in [0, 0.05) is 5.56 Å². The number of ether oxygens (including phenoxy) is 1. The molecule has 0 atom stereocenters. The highest BCUT2D eigenvalue weighted by Crippen LogP contribution is 2.24. The van der Waals surface area contributed by atoms with E-state index < -0.39 is 17.7 Å². The molecule has 20 heavy (non-hydrogen) atoms. The van der Waals surface area contributed by atoms with Gasteiger partial charge in [0.05, 0.1) is 12.7 Å². The summed E-state index contributed by atoms with van der Waals surface area (Å²) in [6.45, 7) is 0. The Hall–Kier alpha value is -2.41. The SMILES string of the molecule is COc1ccc(C(=O)Nc2sccc2C(=O)O)cc1F. The summed E-state index contributed by atoms with van der Waals surface area (Å²) >= 11 is 1.08. The van der Waals surface area contributed by atoms with Gasteiger partial charge < -0.3 is 15.2 Å². The second-order valence-corrected chi connectivity index (χ2v) is 4.69. The van der Waals surface area contributed by atoms with Crippen molar-refractivity contribution in [1.29, 1.82) is 0 Å². The first-order chi connectivity index (χ1) is 9.52. The number of thiophene rings is 1. The third kappa shape index (κ3) is 2.77. The molecule has 104 valence electrons. The number of methoxy groups -OCH3 is 1. The maximum atomic E-state index is 13.5. The van der Waals surface area contributed by atoms with Crippen LogP contribution in [0.2, 0.25) is 0 Å². The number of halogens is 1. The summed E-state index contributed by atoms with van der Waals surface area (Å²) < 4.78 is 18.3. The van der Waals surface area contributed by atoms with Gasteiger partial charge in [0.1, 0.15) is 5.00 Å². The van der Waals surface area contributed by atoms with E-state index >= 15 is 0 Å². The van der Waals surface area contributed by atoms with Crippen LogP contribution >= 0.6 is 11.3 Å². The van der Waals surface area contributed by atoms with Crippen molar-refractivity contribution in [3.8, 4) is 5.75 Å². The molecule has 0 aliphatic rings. The van der Waals surface area contributed by atoms with Gasteiger partial charge in [-0.3, -0.25) is 4.79 Å². The van der Waals surface area contributed by atoms with Gasteiger partial charge in [0.25, 0.3) is 5.91 Å². The number of carbonyl (C=O) groups excluding carboxylic acids is 1. The highest BCUT2D eigenvalue weighted by Gasteiger charge is 2.16. The summed E-state index contributed by atoms with van der Waals surface area (Å²) in [7, 11) is 1.32. The molecule has 1 aromatic carbocycles. The zero-order valence-corrected chi connectivity index (χ0v) is 11.2. The number of anilines is 1. The van der Waals surface area contributed by atoms with Gasteiger partial charge in [0.15, 0.2) is 11.6 Å². The van der Waals surface area contributed by atoms with E-state index in [0.717, 1.165) is 17.4 Å². The number of carbonyl (C=O) groups is 2. The fraction of sp³-hybridized carbons (Fsp3) is 0.0769. The molecule has 5 nitrogen and oxygen atoms in total. The van der Waals surface area contributed by atoms with Gasteiger partial charge in [-0.05, 0) is 29.6 Å². The zero-order chi connectivity index (χ0) is 14.7. The van der Waals surface area contributed by atoms with Crippen LogP contribution < -0.4 is 10.1 Å². The number of aromatic carboxylic acids is 1. The number of carboxylic acid groups (broad SMARTS) is 1. The lowest BCUT2D eigenvalue weighted by Gasteiger charge is -2.06. The van der Waals surface area contributed by atoms with Gasteiger partial charge >= 0.3 is 5.97 Å². The van der Waals surface area contributed by atoms with Crippen molar-refractivity contribution in [3.63, 3.8) is 0 Å². The van der Waals surface area contributed by atoms with E-state index in [2.05, 4.69) is 5.32 Å². The van der Waals surface area contributed by atoms with Crippen molar-refractivity contribution >= 4 is 28.2 Å². The Morgan fingerprint density at radius 3 is 2.70 bits per heavy atom. The van der Waals surface area contributed by atoms with Gasteiger partial charge in [-0.15, -0.1) is 11.3 Å². The lowest BCUT2D eigenvalue weighted by atomic mass is 10.2. The number of nitrogens with one attached hydrogen (secondary N) is 1.